The fourth-order valence-electron chi connectivity index (χ4n) is 6.07. The van der Waals surface area contributed by atoms with Crippen LogP contribution in [0.1, 0.15) is 73.4 Å². The van der Waals surface area contributed by atoms with E-state index in [-0.39, 0.29) is 11.9 Å². The molecule has 1 saturated heterocycles. The minimum atomic E-state index is -0.231. The van der Waals surface area contributed by atoms with Crippen molar-refractivity contribution in [3.05, 3.63) is 58.9 Å². The second-order valence-corrected chi connectivity index (χ2v) is 10.5. The van der Waals surface area contributed by atoms with E-state index < -0.39 is 0 Å². The molecule has 3 heterocycles. The number of aromatic amines is 1. The first-order valence-corrected chi connectivity index (χ1v) is 13.4. The molecule has 2 aliphatic carbocycles. The average Bonchev–Trinajstić information content (AvgIpc) is 3.70. The van der Waals surface area contributed by atoms with Crippen molar-refractivity contribution in [1.29, 1.82) is 0 Å². The molecule has 8 heteroatoms. The van der Waals surface area contributed by atoms with Crippen LogP contribution in [0.3, 0.4) is 0 Å². The van der Waals surface area contributed by atoms with Crippen LogP contribution in [0.2, 0.25) is 0 Å². The van der Waals surface area contributed by atoms with Gasteiger partial charge in [-0.2, -0.15) is 10.1 Å². The summed E-state index contributed by atoms with van der Waals surface area (Å²) in [7, 11) is 1.89. The normalized spacial score (nSPS) is 19.6. The third kappa shape index (κ3) is 4.56. The molecular formula is C28H35N7O. The highest BCUT2D eigenvalue weighted by Gasteiger charge is 2.35. The third-order valence-corrected chi connectivity index (χ3v) is 7.99. The van der Waals surface area contributed by atoms with E-state index in [9.17, 15) is 4.79 Å². The predicted octanol–water partition coefficient (Wildman–Crippen LogP) is 4.72. The molecule has 0 spiro atoms. The summed E-state index contributed by atoms with van der Waals surface area (Å²) in [5, 5.41) is 11.3. The summed E-state index contributed by atoms with van der Waals surface area (Å²) in [5.41, 5.74) is 4.64. The Hall–Kier alpha value is -3.42. The van der Waals surface area contributed by atoms with Gasteiger partial charge in [0.15, 0.2) is 5.82 Å². The highest BCUT2D eigenvalue weighted by molar-refractivity contribution is 5.85. The Morgan fingerprint density at radius 2 is 1.92 bits per heavy atom. The third-order valence-electron chi connectivity index (χ3n) is 7.99. The quantitative estimate of drug-likeness (QED) is 0.503. The molecule has 2 fully saturated rings. The minimum absolute atomic E-state index is 0.128. The van der Waals surface area contributed by atoms with Gasteiger partial charge in [-0.1, -0.05) is 43.2 Å². The lowest BCUT2D eigenvalue weighted by atomic mass is 10.0. The van der Waals surface area contributed by atoms with Crippen molar-refractivity contribution in [2.75, 3.05) is 23.8 Å². The van der Waals surface area contributed by atoms with E-state index >= 15 is 0 Å². The Morgan fingerprint density at radius 1 is 1.08 bits per heavy atom. The Balaban J connectivity index is 1.23. The molecule has 0 radical (unpaired) electrons. The highest BCUT2D eigenvalue weighted by atomic mass is 16.2. The number of nitrogens with one attached hydrogen (secondary N) is 2. The van der Waals surface area contributed by atoms with E-state index in [1.807, 2.05) is 30.1 Å². The van der Waals surface area contributed by atoms with Gasteiger partial charge in [0.2, 0.25) is 11.9 Å². The van der Waals surface area contributed by atoms with Crippen LogP contribution in [0.25, 0.3) is 0 Å². The molecule has 1 saturated carbocycles. The first-order valence-electron chi connectivity index (χ1n) is 13.4. The van der Waals surface area contributed by atoms with Crippen LogP contribution in [-0.4, -0.2) is 50.6 Å². The van der Waals surface area contributed by atoms with Gasteiger partial charge in [0.25, 0.3) is 0 Å². The smallest absolute Gasteiger partial charge is 0.245 e. The summed E-state index contributed by atoms with van der Waals surface area (Å²) < 4.78 is 0. The maximum Gasteiger partial charge on any atom is 0.245 e. The first-order chi connectivity index (χ1) is 17.7. The number of likely N-dealkylation sites (N-methyl/N-ethyl adjacent to an activating group) is 1. The number of hydrogen-bond acceptors (Lipinski definition) is 6. The zero-order chi connectivity index (χ0) is 24.5. The fourth-order valence-corrected chi connectivity index (χ4v) is 6.07. The standard InChI is InChI=1S/C28H35N7O/c1-34(18-19-9-3-2-4-10-19)27(36)24-15-8-16-35(24)28-29-22-14-7-13-21(22)26(31-28)30-25-17-23(32-33-25)20-11-5-6-12-20/h2-4,9-10,17,20,24H,5-8,11-16,18H2,1H3,(H2,29,30,31,32,33)/t24-/m1/s1. The van der Waals surface area contributed by atoms with Crippen LogP contribution in [-0.2, 0) is 24.2 Å². The summed E-state index contributed by atoms with van der Waals surface area (Å²) in [6.45, 7) is 1.40. The largest absolute Gasteiger partial charge is 0.340 e. The number of carbonyl (C=O) groups is 1. The summed E-state index contributed by atoms with van der Waals surface area (Å²) in [6.07, 6.45) is 9.85. The molecule has 1 amide bonds. The van der Waals surface area contributed by atoms with Crippen LogP contribution in [0, 0.1) is 0 Å². The summed E-state index contributed by atoms with van der Waals surface area (Å²) in [6, 6.07) is 12.1. The number of rotatable bonds is 7. The lowest BCUT2D eigenvalue weighted by Crippen LogP contribution is -2.44. The number of nitrogens with zero attached hydrogens (tertiary/aromatic N) is 5. The van der Waals surface area contributed by atoms with E-state index in [2.05, 4.69) is 38.6 Å². The molecule has 1 aliphatic heterocycles. The lowest BCUT2D eigenvalue weighted by molar-refractivity contribution is -0.131. The van der Waals surface area contributed by atoms with E-state index in [0.717, 1.165) is 61.5 Å². The van der Waals surface area contributed by atoms with Gasteiger partial charge >= 0.3 is 0 Å². The van der Waals surface area contributed by atoms with Crippen LogP contribution in [0.4, 0.5) is 17.6 Å². The second kappa shape index (κ2) is 9.91. The molecule has 1 aromatic carbocycles. The SMILES string of the molecule is CN(Cc1ccccc1)C(=O)[C@H]1CCCN1c1nc2c(c(Nc3cc(C4CCCC4)[nH]n3)n1)CCC2. The Kier molecular flexibility index (Phi) is 6.34. The van der Waals surface area contributed by atoms with Crippen LogP contribution < -0.4 is 10.2 Å². The number of anilines is 3. The van der Waals surface area contributed by atoms with Crippen molar-refractivity contribution in [3.8, 4) is 0 Å². The Morgan fingerprint density at radius 3 is 2.75 bits per heavy atom. The number of carbonyl (C=O) groups excluding carboxylic acids is 1. The molecular weight excluding hydrogens is 450 g/mol. The number of aromatic nitrogens is 4. The van der Waals surface area contributed by atoms with Gasteiger partial charge in [0.1, 0.15) is 11.9 Å². The van der Waals surface area contributed by atoms with Gasteiger partial charge in [-0.3, -0.25) is 9.89 Å². The van der Waals surface area contributed by atoms with Gasteiger partial charge in [0.05, 0.1) is 5.69 Å². The zero-order valence-electron chi connectivity index (χ0n) is 21.0. The van der Waals surface area contributed by atoms with Gasteiger partial charge in [0, 0.05) is 43.4 Å². The van der Waals surface area contributed by atoms with Crippen molar-refractivity contribution in [2.45, 2.75) is 76.3 Å². The van der Waals surface area contributed by atoms with Crippen molar-refractivity contribution in [2.24, 2.45) is 0 Å². The van der Waals surface area contributed by atoms with Crippen molar-refractivity contribution < 1.29 is 4.79 Å². The molecule has 36 heavy (non-hydrogen) atoms. The first kappa shape index (κ1) is 23.0. The summed E-state index contributed by atoms with van der Waals surface area (Å²) >= 11 is 0. The average molecular weight is 486 g/mol. The molecule has 8 nitrogen and oxygen atoms in total. The molecule has 2 N–H and O–H groups in total. The van der Waals surface area contributed by atoms with Crippen molar-refractivity contribution in [1.82, 2.24) is 25.1 Å². The fraction of sp³-hybridized carbons (Fsp3) is 0.500. The maximum absolute atomic E-state index is 13.5. The number of hydrogen-bond donors (Lipinski definition) is 2. The Labute approximate surface area is 212 Å². The van der Waals surface area contributed by atoms with E-state index in [1.54, 1.807) is 0 Å². The molecule has 3 aromatic rings. The van der Waals surface area contributed by atoms with Crippen LogP contribution in [0.5, 0.6) is 0 Å². The van der Waals surface area contributed by atoms with Crippen molar-refractivity contribution in [3.63, 3.8) is 0 Å². The number of benzene rings is 1. The van der Waals surface area contributed by atoms with Gasteiger partial charge in [-0.15, -0.1) is 0 Å². The molecule has 6 rings (SSSR count). The Bertz CT molecular complexity index is 1220. The zero-order valence-corrected chi connectivity index (χ0v) is 21.0. The number of H-pyrrole nitrogens is 1. The minimum Gasteiger partial charge on any atom is -0.340 e. The molecule has 188 valence electrons. The number of aryl methyl sites for hydroxylation is 1. The molecule has 1 atom stereocenters. The lowest BCUT2D eigenvalue weighted by Gasteiger charge is -2.28. The van der Waals surface area contributed by atoms with E-state index in [0.29, 0.717) is 18.4 Å². The molecule has 2 aromatic heterocycles. The highest BCUT2D eigenvalue weighted by Crippen LogP contribution is 2.36. The number of amides is 1. The van der Waals surface area contributed by atoms with Crippen LogP contribution in [0.15, 0.2) is 36.4 Å². The summed E-state index contributed by atoms with van der Waals surface area (Å²) in [4.78, 5) is 27.4. The molecule has 3 aliphatic rings. The topological polar surface area (TPSA) is 90.0 Å². The summed E-state index contributed by atoms with van der Waals surface area (Å²) in [5.74, 6) is 3.03. The van der Waals surface area contributed by atoms with E-state index in [1.165, 1.54) is 36.9 Å². The second-order valence-electron chi connectivity index (χ2n) is 10.5. The van der Waals surface area contributed by atoms with Crippen molar-refractivity contribution >= 4 is 23.5 Å². The van der Waals surface area contributed by atoms with Gasteiger partial charge in [-0.05, 0) is 50.5 Å². The van der Waals surface area contributed by atoms with E-state index in [4.69, 9.17) is 9.97 Å². The van der Waals surface area contributed by atoms with Gasteiger partial charge < -0.3 is 15.1 Å². The predicted molar refractivity (Wildman–Crippen MR) is 140 cm³/mol. The maximum atomic E-state index is 13.5. The molecule has 0 unspecified atom stereocenters. The number of fused-ring (bicyclic) bond motifs is 1. The monoisotopic (exact) mass is 485 g/mol. The van der Waals surface area contributed by atoms with Crippen LogP contribution >= 0.6 is 0 Å². The molecule has 0 bridgehead atoms. The van der Waals surface area contributed by atoms with Gasteiger partial charge in [-0.25, -0.2) is 4.98 Å².